The van der Waals surface area contributed by atoms with E-state index in [0.717, 1.165) is 37.2 Å². The van der Waals surface area contributed by atoms with Crippen molar-refractivity contribution >= 4 is 5.91 Å². The van der Waals surface area contributed by atoms with Gasteiger partial charge >= 0.3 is 0 Å². The normalized spacial score (nSPS) is 23.8. The van der Waals surface area contributed by atoms with Crippen molar-refractivity contribution in [3.8, 4) is 0 Å². The average Bonchev–Trinajstić information content (AvgIpc) is 3.25. The van der Waals surface area contributed by atoms with Gasteiger partial charge in [0.25, 0.3) is 5.91 Å². The molecule has 1 N–H and O–H groups in total. The highest BCUT2D eigenvalue weighted by Crippen LogP contribution is 2.41. The summed E-state index contributed by atoms with van der Waals surface area (Å²) in [4.78, 5) is 15.1. The van der Waals surface area contributed by atoms with Gasteiger partial charge in [0.15, 0.2) is 0 Å². The van der Waals surface area contributed by atoms with Crippen LogP contribution in [-0.4, -0.2) is 42.6 Å². The molecule has 4 nitrogen and oxygen atoms in total. The van der Waals surface area contributed by atoms with Crippen LogP contribution in [0.25, 0.3) is 0 Å². The molecule has 27 heavy (non-hydrogen) atoms. The Kier molecular flexibility index (Phi) is 5.55. The molecule has 2 aromatic rings. The number of hydrogen-bond donors (Lipinski definition) is 1. The van der Waals surface area contributed by atoms with Gasteiger partial charge in [0.05, 0.1) is 6.61 Å². The van der Waals surface area contributed by atoms with Gasteiger partial charge in [-0.3, -0.25) is 9.69 Å². The van der Waals surface area contributed by atoms with Crippen molar-refractivity contribution in [2.45, 2.75) is 38.5 Å². The molecule has 0 spiro atoms. The lowest BCUT2D eigenvalue weighted by Crippen LogP contribution is -2.54. The van der Waals surface area contributed by atoms with Crippen LogP contribution < -0.4 is 5.32 Å². The molecule has 5 rings (SSSR count). The van der Waals surface area contributed by atoms with E-state index in [2.05, 4.69) is 22.3 Å². The standard InChI is InChI=1S/C23H28N2O2/c1-17-8-5-6-11-20(17)23(26)24-22-19-14-21(22)25(15-19)12-7-13-27-16-18-9-3-2-4-10-18/h2-6,8-11,19,21-22H,7,12-16H2,1H3,(H,24,26). The zero-order valence-corrected chi connectivity index (χ0v) is 15.9. The van der Waals surface area contributed by atoms with Crippen LogP contribution in [0, 0.1) is 12.8 Å². The first kappa shape index (κ1) is 18.2. The first-order chi connectivity index (χ1) is 13.2. The lowest BCUT2D eigenvalue weighted by atomic mass is 9.80. The van der Waals surface area contributed by atoms with Gasteiger partial charge in [-0.2, -0.15) is 0 Å². The highest BCUT2D eigenvalue weighted by Gasteiger charge is 2.52. The Bertz CT molecular complexity index is 777. The number of hydrogen-bond acceptors (Lipinski definition) is 3. The van der Waals surface area contributed by atoms with E-state index in [1.54, 1.807) is 0 Å². The Hall–Kier alpha value is -2.17. The summed E-state index contributed by atoms with van der Waals surface area (Å²) in [5.74, 6) is 0.675. The highest BCUT2D eigenvalue weighted by molar-refractivity contribution is 5.95. The summed E-state index contributed by atoms with van der Waals surface area (Å²) in [5.41, 5.74) is 3.05. The van der Waals surface area contributed by atoms with Crippen LogP contribution in [-0.2, 0) is 11.3 Å². The number of fused-ring (bicyclic) bond motifs is 1. The van der Waals surface area contributed by atoms with Gasteiger partial charge in [0.1, 0.15) is 0 Å². The van der Waals surface area contributed by atoms with Crippen LogP contribution >= 0.6 is 0 Å². The fraction of sp³-hybridized carbons (Fsp3) is 0.435. The number of carbonyl (C=O) groups is 1. The molecule has 4 heteroatoms. The number of nitrogens with one attached hydrogen (secondary N) is 1. The molecular formula is C23H28N2O2. The van der Waals surface area contributed by atoms with Gasteiger partial charge in [0, 0.05) is 37.3 Å². The third-order valence-corrected chi connectivity index (χ3v) is 5.94. The lowest BCUT2D eigenvalue weighted by Gasteiger charge is -2.37. The van der Waals surface area contributed by atoms with E-state index in [1.165, 1.54) is 12.0 Å². The van der Waals surface area contributed by atoms with Gasteiger partial charge in [-0.25, -0.2) is 0 Å². The van der Waals surface area contributed by atoms with Crippen molar-refractivity contribution < 1.29 is 9.53 Å². The summed E-state index contributed by atoms with van der Waals surface area (Å²) in [6, 6.07) is 18.9. The van der Waals surface area contributed by atoms with Crippen LogP contribution in [0.15, 0.2) is 54.6 Å². The summed E-state index contributed by atoms with van der Waals surface area (Å²) in [6.07, 6.45) is 2.25. The number of carbonyl (C=O) groups excluding carboxylic acids is 1. The molecule has 0 aromatic heterocycles. The monoisotopic (exact) mass is 364 g/mol. The van der Waals surface area contributed by atoms with Crippen LogP contribution in [0.1, 0.15) is 34.3 Å². The molecular weight excluding hydrogens is 336 g/mol. The number of nitrogens with zero attached hydrogens (tertiary/aromatic N) is 1. The van der Waals surface area contributed by atoms with E-state index in [0.29, 0.717) is 24.6 Å². The Morgan fingerprint density at radius 3 is 2.74 bits per heavy atom. The van der Waals surface area contributed by atoms with Crippen molar-refractivity contribution in [1.82, 2.24) is 10.2 Å². The first-order valence-corrected chi connectivity index (χ1v) is 9.94. The minimum atomic E-state index is 0.0702. The molecule has 1 aliphatic carbocycles. The molecule has 3 unspecified atom stereocenters. The van der Waals surface area contributed by atoms with Crippen LogP contribution in [0.5, 0.6) is 0 Å². The topological polar surface area (TPSA) is 41.6 Å². The van der Waals surface area contributed by atoms with Crippen molar-refractivity contribution in [2.75, 3.05) is 19.7 Å². The molecule has 2 bridgehead atoms. The fourth-order valence-electron chi connectivity index (χ4n) is 4.38. The molecule has 3 fully saturated rings. The number of ether oxygens (including phenoxy) is 1. The van der Waals surface area contributed by atoms with Gasteiger partial charge in [0.2, 0.25) is 0 Å². The van der Waals surface area contributed by atoms with Gasteiger partial charge < -0.3 is 10.1 Å². The summed E-state index contributed by atoms with van der Waals surface area (Å²) < 4.78 is 5.79. The van der Waals surface area contributed by atoms with E-state index in [-0.39, 0.29) is 5.91 Å². The average molecular weight is 364 g/mol. The van der Waals surface area contributed by atoms with E-state index in [1.807, 2.05) is 49.4 Å². The molecule has 2 heterocycles. The molecule has 1 amide bonds. The fourth-order valence-corrected chi connectivity index (χ4v) is 4.38. The maximum absolute atomic E-state index is 12.6. The maximum Gasteiger partial charge on any atom is 0.251 e. The third-order valence-electron chi connectivity index (χ3n) is 5.94. The Balaban J connectivity index is 1.19. The minimum absolute atomic E-state index is 0.0702. The zero-order chi connectivity index (χ0) is 18.6. The largest absolute Gasteiger partial charge is 0.377 e. The maximum atomic E-state index is 12.6. The van der Waals surface area contributed by atoms with Crippen molar-refractivity contribution in [3.05, 3.63) is 71.3 Å². The molecule has 2 saturated heterocycles. The van der Waals surface area contributed by atoms with Crippen LogP contribution in [0.4, 0.5) is 0 Å². The zero-order valence-electron chi connectivity index (χ0n) is 15.9. The van der Waals surface area contributed by atoms with Gasteiger partial charge in [-0.1, -0.05) is 48.5 Å². The number of rotatable bonds is 8. The Morgan fingerprint density at radius 2 is 1.93 bits per heavy atom. The Morgan fingerprint density at radius 1 is 1.15 bits per heavy atom. The van der Waals surface area contributed by atoms with Gasteiger partial charge in [-0.15, -0.1) is 0 Å². The number of amides is 1. The summed E-state index contributed by atoms with van der Waals surface area (Å²) in [7, 11) is 0. The number of benzene rings is 2. The molecule has 2 aromatic carbocycles. The van der Waals surface area contributed by atoms with Crippen LogP contribution in [0.2, 0.25) is 0 Å². The van der Waals surface area contributed by atoms with Gasteiger partial charge in [-0.05, 0) is 42.9 Å². The molecule has 142 valence electrons. The predicted octanol–water partition coefficient (Wildman–Crippen LogP) is 3.40. The summed E-state index contributed by atoms with van der Waals surface area (Å²) in [5, 5.41) is 3.28. The van der Waals surface area contributed by atoms with E-state index >= 15 is 0 Å². The van der Waals surface area contributed by atoms with Crippen LogP contribution in [0.3, 0.4) is 0 Å². The second-order valence-electron chi connectivity index (χ2n) is 7.76. The minimum Gasteiger partial charge on any atom is -0.377 e. The second-order valence-corrected chi connectivity index (χ2v) is 7.76. The smallest absolute Gasteiger partial charge is 0.251 e. The first-order valence-electron chi connectivity index (χ1n) is 9.94. The number of aryl methyl sites for hydroxylation is 1. The predicted molar refractivity (Wildman–Crippen MR) is 107 cm³/mol. The second kappa shape index (κ2) is 8.24. The quantitative estimate of drug-likeness (QED) is 0.730. The van der Waals surface area contributed by atoms with E-state index < -0.39 is 0 Å². The SMILES string of the molecule is Cc1ccccc1C(=O)NC1C2CC1N(CCCOCc1ccccc1)C2. The Labute approximate surface area is 161 Å². The van der Waals surface area contributed by atoms with Crippen molar-refractivity contribution in [2.24, 2.45) is 5.92 Å². The molecule has 3 atom stereocenters. The molecule has 2 aliphatic heterocycles. The summed E-state index contributed by atoms with van der Waals surface area (Å²) in [6.45, 7) is 5.60. The lowest BCUT2D eigenvalue weighted by molar-refractivity contribution is 0.0849. The molecule has 0 radical (unpaired) electrons. The molecule has 1 saturated carbocycles. The highest BCUT2D eigenvalue weighted by atomic mass is 16.5. The molecule has 3 aliphatic rings. The van der Waals surface area contributed by atoms with E-state index in [9.17, 15) is 4.79 Å². The van der Waals surface area contributed by atoms with Crippen molar-refractivity contribution in [1.29, 1.82) is 0 Å². The summed E-state index contributed by atoms with van der Waals surface area (Å²) >= 11 is 0. The van der Waals surface area contributed by atoms with Crippen molar-refractivity contribution in [3.63, 3.8) is 0 Å². The van der Waals surface area contributed by atoms with E-state index in [4.69, 9.17) is 4.74 Å². The third kappa shape index (κ3) is 4.07.